The van der Waals surface area contributed by atoms with Crippen LogP contribution in [0.15, 0.2) is 57.9 Å². The number of hydrogen-bond acceptors (Lipinski definition) is 6. The summed E-state index contributed by atoms with van der Waals surface area (Å²) in [6, 6.07) is 14.8. The van der Waals surface area contributed by atoms with Gasteiger partial charge >= 0.3 is 0 Å². The molecule has 3 amide bonds. The number of anilines is 1. The van der Waals surface area contributed by atoms with E-state index in [0.29, 0.717) is 32.2 Å². The maximum atomic E-state index is 13.0. The molecule has 0 aliphatic carbocycles. The smallest absolute Gasteiger partial charge is 0.294 e. The van der Waals surface area contributed by atoms with E-state index in [9.17, 15) is 14.4 Å². The number of carbonyl (C=O) groups excluding carboxylic acids is 3. The van der Waals surface area contributed by atoms with E-state index in [1.54, 1.807) is 24.3 Å². The number of amides is 3. The third kappa shape index (κ3) is 6.66. The van der Waals surface area contributed by atoms with E-state index in [1.807, 2.05) is 51.1 Å². The summed E-state index contributed by atoms with van der Waals surface area (Å²) in [5.74, 6) is -0.0733. The van der Waals surface area contributed by atoms with Crippen LogP contribution in [0, 0.1) is 20.8 Å². The first-order chi connectivity index (χ1) is 18.6. The number of benzene rings is 3. The van der Waals surface area contributed by atoms with E-state index in [0.717, 1.165) is 38.9 Å². The van der Waals surface area contributed by atoms with Gasteiger partial charge in [-0.3, -0.25) is 19.3 Å². The molecular weight excluding hydrogens is 604 g/mol. The summed E-state index contributed by atoms with van der Waals surface area (Å²) in [6.45, 7) is 5.64. The summed E-state index contributed by atoms with van der Waals surface area (Å²) in [5, 5.41) is 2.92. The third-order valence-electron chi connectivity index (χ3n) is 6.00. The molecule has 0 saturated carbocycles. The van der Waals surface area contributed by atoms with Crippen molar-refractivity contribution >= 4 is 68.1 Å². The van der Waals surface area contributed by atoms with Gasteiger partial charge in [0.25, 0.3) is 11.1 Å². The number of thioether (sulfide) groups is 1. The Balaban J connectivity index is 1.48. The number of hydrogen-bond donors (Lipinski definition) is 1. The van der Waals surface area contributed by atoms with E-state index in [1.165, 1.54) is 7.11 Å². The Morgan fingerprint density at radius 3 is 2.46 bits per heavy atom. The van der Waals surface area contributed by atoms with Crippen molar-refractivity contribution in [2.24, 2.45) is 0 Å². The van der Waals surface area contributed by atoms with Crippen molar-refractivity contribution in [2.75, 3.05) is 19.0 Å². The van der Waals surface area contributed by atoms with Gasteiger partial charge in [-0.15, -0.1) is 0 Å². The number of carbonyl (C=O) groups is 3. The number of nitrogens with zero attached hydrogens (tertiary/aromatic N) is 1. The molecule has 10 heteroatoms. The first kappa shape index (κ1) is 28.7. The number of imide groups is 1. The summed E-state index contributed by atoms with van der Waals surface area (Å²) in [6.07, 6.45) is 1.59. The zero-order valence-corrected chi connectivity index (χ0v) is 24.9. The largest absolute Gasteiger partial charge is 0.493 e. The average molecular weight is 630 g/mol. The Morgan fingerprint density at radius 2 is 1.79 bits per heavy atom. The Bertz CT molecular complexity index is 1480. The minimum absolute atomic E-state index is 0.203. The Kier molecular flexibility index (Phi) is 9.04. The SMILES string of the molecule is COc1cc(/C=C2/SC(=O)N(CC(=O)Nc3c(C)cc(C)cc3C)C2=O)cc(Br)c1OCc1ccccc1Cl. The maximum absolute atomic E-state index is 13.0. The van der Waals surface area contributed by atoms with Crippen LogP contribution in [0.2, 0.25) is 5.02 Å². The molecule has 0 bridgehead atoms. The van der Waals surface area contributed by atoms with E-state index >= 15 is 0 Å². The molecule has 39 heavy (non-hydrogen) atoms. The Morgan fingerprint density at radius 1 is 1.10 bits per heavy atom. The van der Waals surface area contributed by atoms with Crippen LogP contribution in [-0.4, -0.2) is 35.6 Å². The Labute approximate surface area is 244 Å². The number of ether oxygens (including phenoxy) is 2. The van der Waals surface area contributed by atoms with Gasteiger partial charge in [-0.2, -0.15) is 0 Å². The van der Waals surface area contributed by atoms with Crippen LogP contribution in [0.3, 0.4) is 0 Å². The van der Waals surface area contributed by atoms with Gasteiger partial charge in [0.1, 0.15) is 13.2 Å². The summed E-state index contributed by atoms with van der Waals surface area (Å²) in [5.41, 5.74) is 5.03. The lowest BCUT2D eigenvalue weighted by Crippen LogP contribution is -2.36. The van der Waals surface area contributed by atoms with Crippen LogP contribution >= 0.6 is 39.3 Å². The fourth-order valence-electron chi connectivity index (χ4n) is 4.22. The van der Waals surface area contributed by atoms with Gasteiger partial charge in [-0.05, 0) is 89.4 Å². The molecular formula is C29H26BrClN2O5S. The molecule has 1 aliphatic rings. The molecule has 1 aliphatic heterocycles. The number of halogens is 2. The summed E-state index contributed by atoms with van der Waals surface area (Å²) in [7, 11) is 1.51. The summed E-state index contributed by atoms with van der Waals surface area (Å²) < 4.78 is 12.1. The highest BCUT2D eigenvalue weighted by atomic mass is 79.9. The zero-order chi connectivity index (χ0) is 28.3. The quantitative estimate of drug-likeness (QED) is 0.264. The van der Waals surface area contributed by atoms with E-state index in [-0.39, 0.29) is 18.1 Å². The molecule has 202 valence electrons. The molecule has 3 aromatic carbocycles. The predicted molar refractivity (Wildman–Crippen MR) is 158 cm³/mol. The molecule has 1 heterocycles. The zero-order valence-electron chi connectivity index (χ0n) is 21.8. The number of aryl methyl sites for hydroxylation is 3. The molecule has 1 saturated heterocycles. The molecule has 0 radical (unpaired) electrons. The molecule has 0 spiro atoms. The summed E-state index contributed by atoms with van der Waals surface area (Å²) >= 11 is 10.5. The van der Waals surface area contributed by atoms with Crippen LogP contribution in [0.5, 0.6) is 11.5 Å². The van der Waals surface area contributed by atoms with Gasteiger partial charge < -0.3 is 14.8 Å². The number of nitrogens with one attached hydrogen (secondary N) is 1. The molecule has 1 N–H and O–H groups in total. The van der Waals surface area contributed by atoms with E-state index in [4.69, 9.17) is 21.1 Å². The monoisotopic (exact) mass is 628 g/mol. The lowest BCUT2D eigenvalue weighted by molar-refractivity contribution is -0.127. The van der Waals surface area contributed by atoms with Crippen LogP contribution < -0.4 is 14.8 Å². The fourth-order valence-corrected chi connectivity index (χ4v) is 5.82. The van der Waals surface area contributed by atoms with Crippen LogP contribution in [0.1, 0.15) is 27.8 Å². The van der Waals surface area contributed by atoms with Gasteiger partial charge in [0.15, 0.2) is 11.5 Å². The van der Waals surface area contributed by atoms with Gasteiger partial charge in [-0.1, -0.05) is 47.5 Å². The highest BCUT2D eigenvalue weighted by Crippen LogP contribution is 2.39. The second-order valence-corrected chi connectivity index (χ2v) is 11.3. The lowest BCUT2D eigenvalue weighted by atomic mass is 10.1. The van der Waals surface area contributed by atoms with Crippen molar-refractivity contribution in [3.8, 4) is 11.5 Å². The lowest BCUT2D eigenvalue weighted by Gasteiger charge is -2.16. The molecule has 0 unspecified atom stereocenters. The topological polar surface area (TPSA) is 84.9 Å². The van der Waals surface area contributed by atoms with Gasteiger partial charge in [0.2, 0.25) is 5.91 Å². The first-order valence-electron chi connectivity index (χ1n) is 11.9. The van der Waals surface area contributed by atoms with Crippen LogP contribution in [-0.2, 0) is 16.2 Å². The van der Waals surface area contributed by atoms with Crippen molar-refractivity contribution in [3.05, 3.63) is 90.7 Å². The molecule has 3 aromatic rings. The normalized spacial score (nSPS) is 14.2. The van der Waals surface area contributed by atoms with Crippen molar-refractivity contribution in [3.63, 3.8) is 0 Å². The second kappa shape index (κ2) is 12.3. The fraction of sp³-hybridized carbons (Fsp3) is 0.207. The number of methoxy groups -OCH3 is 1. The molecule has 0 aromatic heterocycles. The van der Waals surface area contributed by atoms with Crippen molar-refractivity contribution in [2.45, 2.75) is 27.4 Å². The molecule has 4 rings (SSSR count). The van der Waals surface area contributed by atoms with Gasteiger partial charge in [0, 0.05) is 16.3 Å². The van der Waals surface area contributed by atoms with Gasteiger partial charge in [0.05, 0.1) is 16.5 Å². The van der Waals surface area contributed by atoms with Gasteiger partial charge in [-0.25, -0.2) is 0 Å². The number of rotatable bonds is 8. The van der Waals surface area contributed by atoms with Crippen LogP contribution in [0.4, 0.5) is 10.5 Å². The summed E-state index contributed by atoms with van der Waals surface area (Å²) in [4.78, 5) is 39.5. The van der Waals surface area contributed by atoms with Crippen LogP contribution in [0.25, 0.3) is 6.08 Å². The minimum atomic E-state index is -0.536. The third-order valence-corrected chi connectivity index (χ3v) is 7.86. The first-order valence-corrected chi connectivity index (χ1v) is 13.9. The maximum Gasteiger partial charge on any atom is 0.294 e. The van der Waals surface area contributed by atoms with Crippen molar-refractivity contribution in [1.82, 2.24) is 4.90 Å². The highest BCUT2D eigenvalue weighted by Gasteiger charge is 2.36. The van der Waals surface area contributed by atoms with E-state index in [2.05, 4.69) is 21.2 Å². The van der Waals surface area contributed by atoms with Crippen molar-refractivity contribution < 1.29 is 23.9 Å². The predicted octanol–water partition coefficient (Wildman–Crippen LogP) is 7.29. The Hall–Kier alpha value is -3.27. The van der Waals surface area contributed by atoms with E-state index < -0.39 is 17.1 Å². The van der Waals surface area contributed by atoms with Crippen molar-refractivity contribution in [1.29, 1.82) is 0 Å². The minimum Gasteiger partial charge on any atom is -0.493 e. The second-order valence-electron chi connectivity index (χ2n) is 9.00. The standard InChI is InChI=1S/C29H26BrClN2O5S/c1-16-9-17(2)26(18(3)10-16)32-25(34)14-33-28(35)24(39-29(33)36)13-19-11-21(30)27(23(12-19)37-4)38-15-20-7-5-6-8-22(20)31/h5-13H,14-15H2,1-4H3,(H,32,34)/b24-13+. The molecule has 1 fully saturated rings. The average Bonchev–Trinajstić information content (AvgIpc) is 3.13. The molecule has 0 atom stereocenters. The highest BCUT2D eigenvalue weighted by molar-refractivity contribution is 9.10. The molecule has 7 nitrogen and oxygen atoms in total.